The Kier molecular flexibility index (Phi) is 2.77. The molecule has 1 saturated heterocycles. The van der Waals surface area contributed by atoms with E-state index >= 15 is 0 Å². The number of imide groups is 1. The van der Waals surface area contributed by atoms with Crippen molar-refractivity contribution in [2.45, 2.75) is 19.3 Å². The Morgan fingerprint density at radius 3 is 2.25 bits per heavy atom. The van der Waals surface area contributed by atoms with Crippen LogP contribution in [-0.2, 0) is 9.59 Å². The molecule has 2 bridgehead atoms. The molecule has 0 N–H and O–H groups in total. The summed E-state index contributed by atoms with van der Waals surface area (Å²) in [6.45, 7) is 0. The van der Waals surface area contributed by atoms with Crippen molar-refractivity contribution in [2.24, 2.45) is 23.7 Å². The number of amides is 2. The fourth-order valence-electron chi connectivity index (χ4n) is 4.29. The molecular weight excluding hydrogens is 342 g/mol. The first-order valence-corrected chi connectivity index (χ1v) is 8.08. The fourth-order valence-corrected chi connectivity index (χ4v) is 4.71. The van der Waals surface area contributed by atoms with Gasteiger partial charge in [0.1, 0.15) is 0 Å². The van der Waals surface area contributed by atoms with Gasteiger partial charge in [0.2, 0.25) is 11.8 Å². The topological polar surface area (TPSA) is 37.4 Å². The predicted molar refractivity (Wildman–Crippen MR) is 79.5 cm³/mol. The lowest BCUT2D eigenvalue weighted by Gasteiger charge is -2.19. The van der Waals surface area contributed by atoms with Crippen molar-refractivity contribution in [2.75, 3.05) is 4.90 Å². The summed E-state index contributed by atoms with van der Waals surface area (Å²) >= 11 is 9.41. The number of anilines is 1. The van der Waals surface area contributed by atoms with Gasteiger partial charge in [-0.15, -0.1) is 0 Å². The van der Waals surface area contributed by atoms with Crippen molar-refractivity contribution < 1.29 is 9.59 Å². The highest BCUT2D eigenvalue weighted by atomic mass is 79.9. The van der Waals surface area contributed by atoms with Crippen molar-refractivity contribution in [3.8, 4) is 0 Å². The molecule has 3 nitrogen and oxygen atoms in total. The largest absolute Gasteiger partial charge is 0.274 e. The number of hydrogen-bond acceptors (Lipinski definition) is 2. The monoisotopic (exact) mass is 353 g/mol. The van der Waals surface area contributed by atoms with E-state index in [0.29, 0.717) is 22.5 Å². The average Bonchev–Trinajstić information content (AvgIpc) is 3.08. The molecule has 5 heteroatoms. The number of rotatable bonds is 1. The molecule has 1 aromatic carbocycles. The first-order valence-electron chi connectivity index (χ1n) is 6.91. The predicted octanol–water partition coefficient (Wildman–Crippen LogP) is 3.64. The average molecular weight is 355 g/mol. The maximum atomic E-state index is 12.6. The number of halogens is 2. The molecule has 2 aliphatic carbocycles. The van der Waals surface area contributed by atoms with Gasteiger partial charge in [-0.3, -0.25) is 9.59 Å². The first kappa shape index (κ1) is 12.8. The molecule has 4 atom stereocenters. The highest BCUT2D eigenvalue weighted by molar-refractivity contribution is 9.10. The molecule has 3 aliphatic rings. The summed E-state index contributed by atoms with van der Waals surface area (Å²) in [5, 5.41) is 0.517. The van der Waals surface area contributed by atoms with E-state index in [0.717, 1.165) is 23.7 Å². The van der Waals surface area contributed by atoms with Crippen LogP contribution in [0, 0.1) is 23.7 Å². The number of carbonyl (C=O) groups is 2. The molecule has 0 aromatic heterocycles. The molecule has 3 fully saturated rings. The first-order chi connectivity index (χ1) is 9.58. The lowest BCUT2D eigenvalue weighted by molar-refractivity contribution is -0.123. The summed E-state index contributed by atoms with van der Waals surface area (Å²) in [6.07, 6.45) is 3.25. The van der Waals surface area contributed by atoms with Gasteiger partial charge < -0.3 is 0 Å². The van der Waals surface area contributed by atoms with E-state index in [1.165, 1.54) is 4.90 Å². The van der Waals surface area contributed by atoms with Crippen molar-refractivity contribution >= 4 is 45.0 Å². The zero-order chi connectivity index (χ0) is 14.0. The van der Waals surface area contributed by atoms with Crippen molar-refractivity contribution in [3.63, 3.8) is 0 Å². The Balaban J connectivity index is 1.74. The van der Waals surface area contributed by atoms with Crippen LogP contribution in [-0.4, -0.2) is 11.8 Å². The minimum atomic E-state index is -0.0799. The Morgan fingerprint density at radius 2 is 1.70 bits per heavy atom. The summed E-state index contributed by atoms with van der Waals surface area (Å²) in [6, 6.07) is 5.24. The number of hydrogen-bond donors (Lipinski definition) is 0. The van der Waals surface area contributed by atoms with Crippen LogP contribution in [0.15, 0.2) is 22.7 Å². The maximum absolute atomic E-state index is 12.6. The Morgan fingerprint density at radius 1 is 1.10 bits per heavy atom. The van der Waals surface area contributed by atoms with Crippen LogP contribution in [0.3, 0.4) is 0 Å². The third-order valence-corrected chi connectivity index (χ3v) is 6.32. The van der Waals surface area contributed by atoms with Gasteiger partial charge in [-0.2, -0.15) is 0 Å². The van der Waals surface area contributed by atoms with Crippen LogP contribution in [0.4, 0.5) is 5.69 Å². The van der Waals surface area contributed by atoms with Crippen LogP contribution < -0.4 is 4.90 Å². The van der Waals surface area contributed by atoms with Gasteiger partial charge >= 0.3 is 0 Å². The van der Waals surface area contributed by atoms with E-state index in [4.69, 9.17) is 11.6 Å². The van der Waals surface area contributed by atoms with Crippen LogP contribution in [0.5, 0.6) is 0 Å². The zero-order valence-electron chi connectivity index (χ0n) is 10.7. The highest BCUT2D eigenvalue weighted by Crippen LogP contribution is 2.56. The van der Waals surface area contributed by atoms with E-state index in [9.17, 15) is 9.59 Å². The van der Waals surface area contributed by atoms with Crippen LogP contribution in [0.1, 0.15) is 19.3 Å². The molecule has 20 heavy (non-hydrogen) atoms. The summed E-state index contributed by atoms with van der Waals surface area (Å²) in [5.41, 5.74) is 0.599. The molecule has 1 heterocycles. The molecule has 0 spiro atoms. The molecule has 1 aromatic rings. The summed E-state index contributed by atoms with van der Waals surface area (Å²) in [7, 11) is 0. The van der Waals surface area contributed by atoms with Gasteiger partial charge in [0, 0.05) is 4.47 Å². The lowest BCUT2D eigenvalue weighted by atomic mass is 9.81. The fraction of sp³-hybridized carbons (Fsp3) is 0.467. The molecule has 4 rings (SSSR count). The molecular formula is C15H13BrClNO2. The van der Waals surface area contributed by atoms with Gasteiger partial charge in [0.15, 0.2) is 0 Å². The minimum absolute atomic E-state index is 0.0226. The molecule has 104 valence electrons. The number of benzene rings is 1. The number of nitrogens with zero attached hydrogens (tertiary/aromatic N) is 1. The van der Waals surface area contributed by atoms with Crippen molar-refractivity contribution in [1.82, 2.24) is 0 Å². The van der Waals surface area contributed by atoms with Gasteiger partial charge in [0.25, 0.3) is 0 Å². The summed E-state index contributed by atoms with van der Waals surface area (Å²) in [4.78, 5) is 26.6. The molecule has 1 aliphatic heterocycles. The van der Waals surface area contributed by atoms with Gasteiger partial charge in [-0.25, -0.2) is 4.90 Å². The third-order valence-electron chi connectivity index (χ3n) is 5.09. The summed E-state index contributed by atoms with van der Waals surface area (Å²) in [5.74, 6) is 0.623. The standard InChI is InChI=1S/C15H13BrClNO2/c16-10-4-3-9(6-11(10)17)18-14(19)12-7-1-2-8(5-7)13(12)15(18)20/h3-4,6-8,12-13H,1-2,5H2/t7-,8+,12+,13-. The quantitative estimate of drug-likeness (QED) is 0.722. The second-order valence-corrected chi connectivity index (χ2v) is 7.26. The van der Waals surface area contributed by atoms with E-state index in [1.807, 2.05) is 0 Å². The van der Waals surface area contributed by atoms with Crippen LogP contribution in [0.2, 0.25) is 5.02 Å². The lowest BCUT2D eigenvalue weighted by Crippen LogP contribution is -2.32. The van der Waals surface area contributed by atoms with Gasteiger partial charge in [-0.05, 0) is 65.2 Å². The maximum Gasteiger partial charge on any atom is 0.237 e. The molecule has 2 saturated carbocycles. The van der Waals surface area contributed by atoms with Gasteiger partial charge in [0.05, 0.1) is 22.5 Å². The zero-order valence-corrected chi connectivity index (χ0v) is 13.0. The van der Waals surface area contributed by atoms with E-state index < -0.39 is 0 Å². The van der Waals surface area contributed by atoms with E-state index in [-0.39, 0.29) is 23.7 Å². The summed E-state index contributed by atoms with van der Waals surface area (Å²) < 4.78 is 0.766. The molecule has 0 radical (unpaired) electrons. The Hall–Kier alpha value is -0.870. The molecule has 0 unspecified atom stereocenters. The second kappa shape index (κ2) is 4.31. The third kappa shape index (κ3) is 1.58. The number of carbonyl (C=O) groups excluding carboxylic acids is 2. The smallest absolute Gasteiger partial charge is 0.237 e. The number of fused-ring (bicyclic) bond motifs is 5. The Bertz CT molecular complexity index is 604. The van der Waals surface area contributed by atoms with E-state index in [2.05, 4.69) is 15.9 Å². The highest BCUT2D eigenvalue weighted by Gasteiger charge is 2.61. The second-order valence-electron chi connectivity index (χ2n) is 6.00. The van der Waals surface area contributed by atoms with E-state index in [1.54, 1.807) is 18.2 Å². The Labute approximate surface area is 130 Å². The normalized spacial score (nSPS) is 35.0. The van der Waals surface area contributed by atoms with Crippen molar-refractivity contribution in [3.05, 3.63) is 27.7 Å². The van der Waals surface area contributed by atoms with Crippen molar-refractivity contribution in [1.29, 1.82) is 0 Å². The minimum Gasteiger partial charge on any atom is -0.274 e. The van der Waals surface area contributed by atoms with Crippen LogP contribution in [0.25, 0.3) is 0 Å². The van der Waals surface area contributed by atoms with Crippen LogP contribution >= 0.6 is 27.5 Å². The molecule has 2 amide bonds. The SMILES string of the molecule is O=C1[C@@H]2[C@H]3CC[C@H](C3)[C@@H]2C(=O)N1c1ccc(Br)c(Cl)c1. The van der Waals surface area contributed by atoms with Gasteiger partial charge in [-0.1, -0.05) is 11.6 Å².